The van der Waals surface area contributed by atoms with Gasteiger partial charge in [0.05, 0.1) is 26.3 Å². The highest BCUT2D eigenvalue weighted by atomic mass is 16.6. The third-order valence-corrected chi connectivity index (χ3v) is 9.61. The molecule has 0 saturated heterocycles. The Kier molecular flexibility index (Phi) is 10.9. The van der Waals surface area contributed by atoms with Crippen LogP contribution in [0.3, 0.4) is 0 Å². The Morgan fingerprint density at radius 1 is 0.566 bits per heavy atom. The second-order valence-electron chi connectivity index (χ2n) is 15.8. The van der Waals surface area contributed by atoms with E-state index in [1.54, 1.807) is 14.2 Å². The largest absolute Gasteiger partial charge is 0.497 e. The van der Waals surface area contributed by atoms with Crippen LogP contribution in [0.4, 0.5) is 9.59 Å². The predicted molar refractivity (Wildman–Crippen MR) is 205 cm³/mol. The van der Waals surface area contributed by atoms with Crippen molar-refractivity contribution < 1.29 is 33.3 Å². The van der Waals surface area contributed by atoms with Crippen LogP contribution in [0.1, 0.15) is 87.0 Å². The minimum absolute atomic E-state index is 0.178. The van der Waals surface area contributed by atoms with Gasteiger partial charge < -0.3 is 33.5 Å². The first-order valence-electron chi connectivity index (χ1n) is 18.4. The van der Waals surface area contributed by atoms with Crippen LogP contribution >= 0.6 is 0 Å². The SMILES string of the molecule is COc1ccc2c(c1)CCN(C(=O)OC(C)(C)C)[C@@H]2Cc1ccc(Oc2ccc(C[C@@H]3c4ccc(OC)cc4CCN3C(=O)OC(C)(C)C)cc2)cc1. The molecule has 0 aromatic heterocycles. The van der Waals surface area contributed by atoms with Crippen LogP contribution in [-0.4, -0.2) is 60.5 Å². The smallest absolute Gasteiger partial charge is 0.410 e. The van der Waals surface area contributed by atoms with E-state index in [1.165, 1.54) is 11.1 Å². The molecule has 2 amide bonds. The van der Waals surface area contributed by atoms with Gasteiger partial charge in [0.2, 0.25) is 0 Å². The summed E-state index contributed by atoms with van der Waals surface area (Å²) in [7, 11) is 3.34. The van der Waals surface area contributed by atoms with E-state index < -0.39 is 11.2 Å². The summed E-state index contributed by atoms with van der Waals surface area (Å²) in [4.78, 5) is 30.4. The van der Waals surface area contributed by atoms with Crippen molar-refractivity contribution >= 4 is 12.2 Å². The summed E-state index contributed by atoms with van der Waals surface area (Å²) in [5.74, 6) is 3.05. The van der Waals surface area contributed by atoms with Crippen molar-refractivity contribution in [2.45, 2.75) is 90.5 Å². The second kappa shape index (κ2) is 15.4. The van der Waals surface area contributed by atoms with Crippen molar-refractivity contribution in [1.82, 2.24) is 9.80 Å². The lowest BCUT2D eigenvalue weighted by atomic mass is 9.88. The fraction of sp³-hybridized carbons (Fsp3) is 0.409. The van der Waals surface area contributed by atoms with E-state index in [2.05, 4.69) is 48.5 Å². The Morgan fingerprint density at radius 3 is 1.26 bits per heavy atom. The van der Waals surface area contributed by atoms with Gasteiger partial charge in [-0.05, 0) is 149 Å². The van der Waals surface area contributed by atoms with E-state index in [9.17, 15) is 9.59 Å². The van der Waals surface area contributed by atoms with Gasteiger partial charge in [-0.2, -0.15) is 0 Å². The third kappa shape index (κ3) is 9.25. The van der Waals surface area contributed by atoms with Crippen molar-refractivity contribution in [3.63, 3.8) is 0 Å². The predicted octanol–water partition coefficient (Wildman–Crippen LogP) is 9.65. The molecule has 2 aliphatic rings. The van der Waals surface area contributed by atoms with Crippen LogP contribution < -0.4 is 14.2 Å². The van der Waals surface area contributed by atoms with Crippen molar-refractivity contribution in [3.05, 3.63) is 118 Å². The van der Waals surface area contributed by atoms with Gasteiger partial charge in [-0.1, -0.05) is 36.4 Å². The molecule has 53 heavy (non-hydrogen) atoms. The van der Waals surface area contributed by atoms with Crippen molar-refractivity contribution in [2.75, 3.05) is 27.3 Å². The summed E-state index contributed by atoms with van der Waals surface area (Å²) in [6.07, 6.45) is 2.11. The monoisotopic (exact) mass is 720 g/mol. The molecule has 0 saturated carbocycles. The number of methoxy groups -OCH3 is 2. The fourth-order valence-electron chi connectivity index (χ4n) is 7.12. The standard InChI is InChI=1S/C44H52N2O7/c1-43(2,3)52-41(47)45-23-21-31-27-35(49-7)17-19-37(31)39(45)25-29-9-13-33(14-10-29)51-34-15-11-30(12-16-34)26-40-38-20-18-36(50-8)28-32(38)22-24-46(40)42(48)53-44(4,5)6/h9-20,27-28,39-40H,21-26H2,1-8H3/t39-,40-/m1/s1. The molecular weight excluding hydrogens is 668 g/mol. The Labute approximate surface area is 313 Å². The van der Waals surface area contributed by atoms with Gasteiger partial charge in [0.25, 0.3) is 0 Å². The zero-order valence-corrected chi connectivity index (χ0v) is 32.2. The lowest BCUT2D eigenvalue weighted by molar-refractivity contribution is 0.0131. The van der Waals surface area contributed by atoms with Crippen LogP contribution in [0.25, 0.3) is 0 Å². The van der Waals surface area contributed by atoms with Gasteiger partial charge >= 0.3 is 12.2 Å². The molecule has 9 nitrogen and oxygen atoms in total. The van der Waals surface area contributed by atoms with Gasteiger partial charge in [0.1, 0.15) is 34.2 Å². The van der Waals surface area contributed by atoms with E-state index in [-0.39, 0.29) is 24.3 Å². The number of nitrogens with zero attached hydrogens (tertiary/aromatic N) is 2. The molecule has 280 valence electrons. The summed E-state index contributed by atoms with van der Waals surface area (Å²) in [5.41, 5.74) is 5.56. The number of amides is 2. The topological polar surface area (TPSA) is 86.8 Å². The molecule has 0 bridgehead atoms. The molecule has 0 unspecified atom stereocenters. The summed E-state index contributed by atoms with van der Waals surface area (Å²) < 4.78 is 28.9. The molecule has 2 heterocycles. The maximum Gasteiger partial charge on any atom is 0.410 e. The number of carbonyl (C=O) groups excluding carboxylic acids is 2. The second-order valence-corrected chi connectivity index (χ2v) is 15.8. The normalized spacial score (nSPS) is 17.0. The highest BCUT2D eigenvalue weighted by Crippen LogP contribution is 2.38. The number of rotatable bonds is 8. The summed E-state index contributed by atoms with van der Waals surface area (Å²) in [6, 6.07) is 27.9. The van der Waals surface area contributed by atoms with E-state index in [0.717, 1.165) is 46.6 Å². The summed E-state index contributed by atoms with van der Waals surface area (Å²) >= 11 is 0. The quantitative estimate of drug-likeness (QED) is 0.179. The minimum Gasteiger partial charge on any atom is -0.497 e. The van der Waals surface area contributed by atoms with E-state index >= 15 is 0 Å². The van der Waals surface area contributed by atoms with E-state index in [4.69, 9.17) is 23.7 Å². The molecule has 0 fully saturated rings. The summed E-state index contributed by atoms with van der Waals surface area (Å²) in [6.45, 7) is 12.5. The lowest BCUT2D eigenvalue weighted by Gasteiger charge is -2.38. The molecule has 4 aromatic rings. The van der Waals surface area contributed by atoms with E-state index in [0.29, 0.717) is 37.4 Å². The molecule has 6 rings (SSSR count). The first-order chi connectivity index (χ1) is 25.2. The Bertz CT molecular complexity index is 1770. The van der Waals surface area contributed by atoms with Crippen LogP contribution in [0.15, 0.2) is 84.9 Å². The zero-order chi connectivity index (χ0) is 37.9. The molecule has 2 atom stereocenters. The molecule has 4 aromatic carbocycles. The van der Waals surface area contributed by atoms with Crippen LogP contribution in [-0.2, 0) is 35.2 Å². The number of hydrogen-bond acceptors (Lipinski definition) is 7. The zero-order valence-electron chi connectivity index (χ0n) is 32.2. The Balaban J connectivity index is 1.15. The number of ether oxygens (including phenoxy) is 5. The third-order valence-electron chi connectivity index (χ3n) is 9.61. The molecule has 0 N–H and O–H groups in total. The van der Waals surface area contributed by atoms with Crippen molar-refractivity contribution in [2.24, 2.45) is 0 Å². The number of fused-ring (bicyclic) bond motifs is 2. The summed E-state index contributed by atoms with van der Waals surface area (Å²) in [5, 5.41) is 0. The van der Waals surface area contributed by atoms with Crippen LogP contribution in [0.2, 0.25) is 0 Å². The average Bonchev–Trinajstić information content (AvgIpc) is 3.11. The molecule has 2 aliphatic heterocycles. The van der Waals surface area contributed by atoms with Gasteiger partial charge in [-0.3, -0.25) is 0 Å². The number of benzene rings is 4. The minimum atomic E-state index is -0.588. The van der Waals surface area contributed by atoms with Gasteiger partial charge in [-0.15, -0.1) is 0 Å². The molecular formula is C44H52N2O7. The lowest BCUT2D eigenvalue weighted by Crippen LogP contribution is -2.43. The van der Waals surface area contributed by atoms with Crippen molar-refractivity contribution in [3.8, 4) is 23.0 Å². The van der Waals surface area contributed by atoms with Crippen LogP contribution in [0.5, 0.6) is 23.0 Å². The average molecular weight is 721 g/mol. The highest BCUT2D eigenvalue weighted by Gasteiger charge is 2.35. The molecule has 0 spiro atoms. The van der Waals surface area contributed by atoms with Crippen molar-refractivity contribution in [1.29, 1.82) is 0 Å². The number of carbonyl (C=O) groups is 2. The van der Waals surface area contributed by atoms with E-state index in [1.807, 2.05) is 87.7 Å². The van der Waals surface area contributed by atoms with Gasteiger partial charge in [0, 0.05) is 13.1 Å². The molecule has 9 heteroatoms. The molecule has 0 radical (unpaired) electrons. The number of hydrogen-bond donors (Lipinski definition) is 0. The Morgan fingerprint density at radius 2 is 0.925 bits per heavy atom. The Hall–Kier alpha value is -5.18. The maximum absolute atomic E-state index is 13.3. The highest BCUT2D eigenvalue weighted by molar-refractivity contribution is 5.70. The first-order valence-corrected chi connectivity index (χ1v) is 18.4. The van der Waals surface area contributed by atoms with Crippen LogP contribution in [0, 0.1) is 0 Å². The van der Waals surface area contributed by atoms with Gasteiger partial charge in [0.15, 0.2) is 0 Å². The molecule has 0 aliphatic carbocycles. The maximum atomic E-state index is 13.3. The fourth-order valence-corrected chi connectivity index (χ4v) is 7.12. The first kappa shape index (κ1) is 37.6. The van der Waals surface area contributed by atoms with Gasteiger partial charge in [-0.25, -0.2) is 9.59 Å².